The molecule has 3 heteroatoms. The summed E-state index contributed by atoms with van der Waals surface area (Å²) in [6.07, 6.45) is 0.801. The van der Waals surface area contributed by atoms with Crippen LogP contribution in [0.15, 0.2) is 46.9 Å². The van der Waals surface area contributed by atoms with Crippen molar-refractivity contribution in [2.24, 2.45) is 0 Å². The lowest BCUT2D eigenvalue weighted by atomic mass is 9.99. The van der Waals surface area contributed by atoms with Crippen molar-refractivity contribution in [3.8, 4) is 0 Å². The monoisotopic (exact) mass is 305 g/mol. The van der Waals surface area contributed by atoms with Crippen molar-refractivity contribution >= 4 is 15.9 Å². The zero-order chi connectivity index (χ0) is 12.5. The highest BCUT2D eigenvalue weighted by Gasteiger charge is 2.22. The maximum absolute atomic E-state index is 13.5. The van der Waals surface area contributed by atoms with Gasteiger partial charge in [0.1, 0.15) is 5.82 Å². The zero-order valence-corrected chi connectivity index (χ0v) is 11.4. The Bertz CT molecular complexity index is 582. The van der Waals surface area contributed by atoms with Gasteiger partial charge in [0.2, 0.25) is 0 Å². The molecule has 0 aromatic heterocycles. The number of benzene rings is 2. The summed E-state index contributed by atoms with van der Waals surface area (Å²) in [5, 5.41) is 3.47. The average Bonchev–Trinajstić information content (AvgIpc) is 2.79. The molecular weight excluding hydrogens is 293 g/mol. The van der Waals surface area contributed by atoms with E-state index in [0.717, 1.165) is 18.5 Å². The lowest BCUT2D eigenvalue weighted by Crippen LogP contribution is -2.15. The van der Waals surface area contributed by atoms with Crippen molar-refractivity contribution < 1.29 is 4.39 Å². The Morgan fingerprint density at radius 2 is 2.00 bits per heavy atom. The first-order valence-electron chi connectivity index (χ1n) is 6.00. The van der Waals surface area contributed by atoms with Crippen molar-refractivity contribution in [1.82, 2.24) is 5.32 Å². The quantitative estimate of drug-likeness (QED) is 0.885. The third-order valence-corrected chi connectivity index (χ3v) is 4.31. The average molecular weight is 306 g/mol. The fourth-order valence-electron chi connectivity index (χ4n) is 2.49. The molecule has 0 aliphatic carbocycles. The van der Waals surface area contributed by atoms with Gasteiger partial charge in [0, 0.05) is 12.6 Å². The smallest absolute Gasteiger partial charge is 0.137 e. The van der Waals surface area contributed by atoms with Gasteiger partial charge in [-0.05, 0) is 45.1 Å². The van der Waals surface area contributed by atoms with Crippen LogP contribution in [0.4, 0.5) is 4.39 Å². The number of rotatable bonds is 2. The third-order valence-electron chi connectivity index (χ3n) is 3.43. The number of hydrogen-bond donors (Lipinski definition) is 1. The maximum atomic E-state index is 13.5. The molecule has 1 unspecified atom stereocenters. The summed E-state index contributed by atoms with van der Waals surface area (Å²) in [5.74, 6) is -0.196. The molecule has 3 rings (SSSR count). The van der Waals surface area contributed by atoms with Crippen LogP contribution in [0.25, 0.3) is 0 Å². The van der Waals surface area contributed by atoms with Crippen LogP contribution in [-0.4, -0.2) is 0 Å². The van der Waals surface area contributed by atoms with E-state index in [1.54, 1.807) is 6.07 Å². The highest BCUT2D eigenvalue weighted by Crippen LogP contribution is 2.30. The van der Waals surface area contributed by atoms with Crippen LogP contribution in [0.1, 0.15) is 22.7 Å². The standard InChI is InChI=1S/C15H13BrFN/c16-15-10(5-3-7-13(15)17)8-14-12-6-2-1-4-11(12)9-18-14/h1-7,14,18H,8-9H2. The fraction of sp³-hybridized carbons (Fsp3) is 0.200. The maximum Gasteiger partial charge on any atom is 0.137 e. The van der Waals surface area contributed by atoms with Gasteiger partial charge in [-0.1, -0.05) is 36.4 Å². The molecular formula is C15H13BrFN. The van der Waals surface area contributed by atoms with E-state index >= 15 is 0 Å². The van der Waals surface area contributed by atoms with Crippen LogP contribution < -0.4 is 5.32 Å². The zero-order valence-electron chi connectivity index (χ0n) is 9.79. The van der Waals surface area contributed by atoms with Gasteiger partial charge in [-0.2, -0.15) is 0 Å². The van der Waals surface area contributed by atoms with Crippen LogP contribution >= 0.6 is 15.9 Å². The van der Waals surface area contributed by atoms with Crippen LogP contribution in [0, 0.1) is 5.82 Å². The van der Waals surface area contributed by atoms with E-state index in [0.29, 0.717) is 4.47 Å². The Morgan fingerprint density at radius 3 is 2.89 bits per heavy atom. The van der Waals surface area contributed by atoms with E-state index in [1.165, 1.54) is 17.2 Å². The lowest BCUT2D eigenvalue weighted by Gasteiger charge is -2.13. The second-order valence-electron chi connectivity index (χ2n) is 4.55. The molecule has 1 nitrogen and oxygen atoms in total. The molecule has 0 radical (unpaired) electrons. The highest BCUT2D eigenvalue weighted by atomic mass is 79.9. The van der Waals surface area contributed by atoms with E-state index < -0.39 is 0 Å². The Labute approximate surface area is 114 Å². The molecule has 1 N–H and O–H groups in total. The third kappa shape index (κ3) is 2.08. The normalized spacial score (nSPS) is 17.8. The molecule has 1 aliphatic rings. The van der Waals surface area contributed by atoms with Crippen LogP contribution in [0.2, 0.25) is 0 Å². The largest absolute Gasteiger partial charge is 0.306 e. The molecule has 0 amide bonds. The van der Waals surface area contributed by atoms with E-state index in [4.69, 9.17) is 0 Å². The predicted molar refractivity (Wildman–Crippen MR) is 73.8 cm³/mol. The Morgan fingerprint density at radius 1 is 1.17 bits per heavy atom. The second-order valence-corrected chi connectivity index (χ2v) is 5.34. The molecule has 1 atom stereocenters. The van der Waals surface area contributed by atoms with Crippen molar-refractivity contribution in [2.45, 2.75) is 19.0 Å². The highest BCUT2D eigenvalue weighted by molar-refractivity contribution is 9.10. The molecule has 1 heterocycles. The fourth-order valence-corrected chi connectivity index (χ4v) is 2.91. The van der Waals surface area contributed by atoms with Crippen LogP contribution in [0.3, 0.4) is 0 Å². The molecule has 0 fully saturated rings. The molecule has 0 saturated carbocycles. The van der Waals surface area contributed by atoms with Crippen LogP contribution in [-0.2, 0) is 13.0 Å². The van der Waals surface area contributed by atoms with Gasteiger partial charge < -0.3 is 5.32 Å². The minimum atomic E-state index is -0.196. The lowest BCUT2D eigenvalue weighted by molar-refractivity contribution is 0.572. The van der Waals surface area contributed by atoms with Gasteiger partial charge >= 0.3 is 0 Å². The SMILES string of the molecule is Fc1cccc(CC2NCc3ccccc32)c1Br. The second kappa shape index (κ2) is 4.82. The van der Waals surface area contributed by atoms with Gasteiger partial charge in [-0.25, -0.2) is 4.39 Å². The van der Waals surface area contributed by atoms with E-state index in [1.807, 2.05) is 6.07 Å². The summed E-state index contributed by atoms with van der Waals surface area (Å²) in [6, 6.07) is 13.9. The molecule has 0 saturated heterocycles. The Balaban J connectivity index is 1.89. The molecule has 0 spiro atoms. The summed E-state index contributed by atoms with van der Waals surface area (Å²) in [7, 11) is 0. The number of halogens is 2. The van der Waals surface area contributed by atoms with Gasteiger partial charge in [0.15, 0.2) is 0 Å². The van der Waals surface area contributed by atoms with Crippen LogP contribution in [0.5, 0.6) is 0 Å². The molecule has 18 heavy (non-hydrogen) atoms. The summed E-state index contributed by atoms with van der Waals surface area (Å²) in [6.45, 7) is 0.897. The summed E-state index contributed by atoms with van der Waals surface area (Å²) in [4.78, 5) is 0. The Kier molecular flexibility index (Phi) is 3.18. The molecule has 0 bridgehead atoms. The summed E-state index contributed by atoms with van der Waals surface area (Å²) >= 11 is 3.32. The first-order valence-corrected chi connectivity index (χ1v) is 6.79. The van der Waals surface area contributed by atoms with E-state index in [-0.39, 0.29) is 11.9 Å². The molecule has 2 aromatic carbocycles. The topological polar surface area (TPSA) is 12.0 Å². The predicted octanol–water partition coefficient (Wildman–Crippen LogP) is 3.98. The first kappa shape index (κ1) is 11.9. The van der Waals surface area contributed by atoms with Gasteiger partial charge in [0.05, 0.1) is 4.47 Å². The number of hydrogen-bond acceptors (Lipinski definition) is 1. The van der Waals surface area contributed by atoms with Crippen molar-refractivity contribution in [1.29, 1.82) is 0 Å². The van der Waals surface area contributed by atoms with Crippen molar-refractivity contribution in [3.63, 3.8) is 0 Å². The number of fused-ring (bicyclic) bond motifs is 1. The first-order chi connectivity index (χ1) is 8.75. The molecule has 1 aliphatic heterocycles. The van der Waals surface area contributed by atoms with Gasteiger partial charge in [-0.3, -0.25) is 0 Å². The van der Waals surface area contributed by atoms with E-state index in [2.05, 4.69) is 45.5 Å². The molecule has 92 valence electrons. The minimum absolute atomic E-state index is 0.196. The van der Waals surface area contributed by atoms with Gasteiger partial charge in [0.25, 0.3) is 0 Å². The molecule has 2 aromatic rings. The van der Waals surface area contributed by atoms with Crippen molar-refractivity contribution in [2.75, 3.05) is 0 Å². The minimum Gasteiger partial charge on any atom is -0.306 e. The Hall–Kier alpha value is -1.19. The summed E-state index contributed by atoms with van der Waals surface area (Å²) < 4.78 is 14.1. The van der Waals surface area contributed by atoms with Crippen molar-refractivity contribution in [3.05, 3.63) is 69.4 Å². The summed E-state index contributed by atoms with van der Waals surface area (Å²) in [5.41, 5.74) is 3.67. The van der Waals surface area contributed by atoms with Gasteiger partial charge in [-0.15, -0.1) is 0 Å². The van der Waals surface area contributed by atoms with E-state index in [9.17, 15) is 4.39 Å². The number of nitrogens with one attached hydrogen (secondary N) is 1.